The number of aliphatic hydroxyl groups excluding tert-OH is 1. The Morgan fingerprint density at radius 1 is 1.69 bits per heavy atom. The molecule has 2 nitrogen and oxygen atoms in total. The van der Waals surface area contributed by atoms with E-state index in [2.05, 4.69) is 21.2 Å². The molecular weight excluding hydrogens is 250 g/mol. The van der Waals surface area contributed by atoms with Crippen LogP contribution in [0.1, 0.15) is 24.8 Å². The Kier molecular flexibility index (Phi) is 4.38. The molecule has 13 heavy (non-hydrogen) atoms. The van der Waals surface area contributed by atoms with Gasteiger partial charge in [0.25, 0.3) is 0 Å². The summed E-state index contributed by atoms with van der Waals surface area (Å²) in [6, 6.07) is 2.07. The molecule has 0 saturated heterocycles. The fourth-order valence-electron chi connectivity index (χ4n) is 1.16. The van der Waals surface area contributed by atoms with Gasteiger partial charge in [0.15, 0.2) is 0 Å². The van der Waals surface area contributed by atoms with Crippen molar-refractivity contribution in [2.45, 2.75) is 26.0 Å². The van der Waals surface area contributed by atoms with Crippen molar-refractivity contribution in [3.8, 4) is 0 Å². The summed E-state index contributed by atoms with van der Waals surface area (Å²) in [6.45, 7) is 4.90. The average molecular weight is 264 g/mol. The zero-order valence-corrected chi connectivity index (χ0v) is 10.2. The lowest BCUT2D eigenvalue weighted by Crippen LogP contribution is -2.31. The molecule has 0 aliphatic heterocycles. The molecule has 2 N–H and O–H groups in total. The van der Waals surface area contributed by atoms with Crippen LogP contribution in [0.2, 0.25) is 0 Å². The molecule has 0 aliphatic rings. The van der Waals surface area contributed by atoms with Crippen LogP contribution in [0.15, 0.2) is 15.9 Å². The van der Waals surface area contributed by atoms with Crippen LogP contribution in [0.5, 0.6) is 0 Å². The standard InChI is InChI=1S/C9H14BrNOS/c1-3-11-6(2)9(12)8-4-7(10)5-13-8/h4-6,9,11-12H,3H2,1-2H3. The summed E-state index contributed by atoms with van der Waals surface area (Å²) < 4.78 is 1.04. The number of hydrogen-bond donors (Lipinski definition) is 2. The summed E-state index contributed by atoms with van der Waals surface area (Å²) in [7, 11) is 0. The van der Waals surface area contributed by atoms with E-state index >= 15 is 0 Å². The number of hydrogen-bond acceptors (Lipinski definition) is 3. The minimum Gasteiger partial charge on any atom is -0.386 e. The molecule has 0 fully saturated rings. The van der Waals surface area contributed by atoms with Crippen molar-refractivity contribution < 1.29 is 5.11 Å². The van der Waals surface area contributed by atoms with Crippen molar-refractivity contribution >= 4 is 27.3 Å². The molecule has 0 aromatic carbocycles. The number of aliphatic hydroxyl groups is 1. The van der Waals surface area contributed by atoms with Gasteiger partial charge in [0.05, 0.1) is 0 Å². The van der Waals surface area contributed by atoms with E-state index in [-0.39, 0.29) is 6.04 Å². The summed E-state index contributed by atoms with van der Waals surface area (Å²) in [6.07, 6.45) is -0.406. The smallest absolute Gasteiger partial charge is 0.103 e. The summed E-state index contributed by atoms with van der Waals surface area (Å²) in [5, 5.41) is 15.0. The second-order valence-electron chi connectivity index (χ2n) is 2.96. The molecule has 74 valence electrons. The van der Waals surface area contributed by atoms with Crippen LogP contribution in [0.25, 0.3) is 0 Å². The predicted molar refractivity (Wildman–Crippen MR) is 60.1 cm³/mol. The Hall–Kier alpha value is 0.1000. The van der Waals surface area contributed by atoms with Crippen LogP contribution in [0.3, 0.4) is 0 Å². The number of rotatable bonds is 4. The van der Waals surface area contributed by atoms with Gasteiger partial charge in [0.1, 0.15) is 6.10 Å². The maximum absolute atomic E-state index is 9.86. The first-order chi connectivity index (χ1) is 6.15. The van der Waals surface area contributed by atoms with Crippen molar-refractivity contribution in [2.75, 3.05) is 6.54 Å². The van der Waals surface area contributed by atoms with Crippen LogP contribution < -0.4 is 5.32 Å². The van der Waals surface area contributed by atoms with E-state index in [1.54, 1.807) is 11.3 Å². The first kappa shape index (κ1) is 11.2. The Balaban J connectivity index is 2.61. The van der Waals surface area contributed by atoms with Crippen molar-refractivity contribution in [1.29, 1.82) is 0 Å². The van der Waals surface area contributed by atoms with Gasteiger partial charge in [-0.25, -0.2) is 0 Å². The summed E-state index contributed by atoms with van der Waals surface area (Å²) >= 11 is 4.94. The van der Waals surface area contributed by atoms with Gasteiger partial charge in [-0.3, -0.25) is 0 Å². The molecule has 0 amide bonds. The van der Waals surface area contributed by atoms with E-state index in [1.807, 2.05) is 25.3 Å². The first-order valence-corrected chi connectivity index (χ1v) is 5.97. The topological polar surface area (TPSA) is 32.3 Å². The first-order valence-electron chi connectivity index (χ1n) is 4.30. The summed E-state index contributed by atoms with van der Waals surface area (Å²) in [4.78, 5) is 1.00. The van der Waals surface area contributed by atoms with Gasteiger partial charge in [-0.2, -0.15) is 0 Å². The Morgan fingerprint density at radius 2 is 2.38 bits per heavy atom. The molecule has 0 aliphatic carbocycles. The van der Waals surface area contributed by atoms with Crippen molar-refractivity contribution in [3.05, 3.63) is 20.8 Å². The van der Waals surface area contributed by atoms with Crippen LogP contribution in [-0.2, 0) is 0 Å². The van der Waals surface area contributed by atoms with E-state index in [4.69, 9.17) is 0 Å². The van der Waals surface area contributed by atoms with Crippen molar-refractivity contribution in [2.24, 2.45) is 0 Å². The average Bonchev–Trinajstić information content (AvgIpc) is 2.51. The third kappa shape index (κ3) is 3.06. The molecule has 0 spiro atoms. The highest BCUT2D eigenvalue weighted by Gasteiger charge is 2.16. The maximum Gasteiger partial charge on any atom is 0.103 e. The normalized spacial score (nSPS) is 15.7. The molecule has 1 aromatic rings. The fourth-order valence-corrected chi connectivity index (χ4v) is 2.70. The summed E-state index contributed by atoms with van der Waals surface area (Å²) in [5.74, 6) is 0. The van der Waals surface area contributed by atoms with Gasteiger partial charge in [-0.05, 0) is 35.5 Å². The molecule has 1 aromatic heterocycles. The molecular formula is C9H14BrNOS. The van der Waals surface area contributed by atoms with E-state index in [0.717, 1.165) is 15.9 Å². The number of thiophene rings is 1. The zero-order chi connectivity index (χ0) is 9.84. The highest BCUT2D eigenvalue weighted by Crippen LogP contribution is 2.27. The second-order valence-corrected chi connectivity index (χ2v) is 4.82. The van der Waals surface area contributed by atoms with Gasteiger partial charge in [-0.1, -0.05) is 6.92 Å². The van der Waals surface area contributed by atoms with E-state index in [9.17, 15) is 5.11 Å². The van der Waals surface area contributed by atoms with E-state index in [1.165, 1.54) is 0 Å². The van der Waals surface area contributed by atoms with Crippen LogP contribution >= 0.6 is 27.3 Å². The second kappa shape index (κ2) is 5.10. The molecule has 4 heteroatoms. The lowest BCUT2D eigenvalue weighted by Gasteiger charge is -2.17. The Morgan fingerprint density at radius 3 is 2.85 bits per heavy atom. The predicted octanol–water partition coefficient (Wildman–Crippen LogP) is 2.54. The van der Waals surface area contributed by atoms with Gasteiger partial charge in [0.2, 0.25) is 0 Å². The van der Waals surface area contributed by atoms with Crippen molar-refractivity contribution in [1.82, 2.24) is 5.32 Å². The lowest BCUT2D eigenvalue weighted by atomic mass is 10.1. The number of likely N-dealkylation sites (N-methyl/N-ethyl adjacent to an activating group) is 1. The molecule has 2 atom stereocenters. The zero-order valence-electron chi connectivity index (χ0n) is 7.75. The lowest BCUT2D eigenvalue weighted by molar-refractivity contribution is 0.140. The van der Waals surface area contributed by atoms with Crippen LogP contribution in [0.4, 0.5) is 0 Å². The highest BCUT2D eigenvalue weighted by atomic mass is 79.9. The molecule has 0 bridgehead atoms. The molecule has 1 rings (SSSR count). The van der Waals surface area contributed by atoms with Crippen LogP contribution in [-0.4, -0.2) is 17.7 Å². The fraction of sp³-hybridized carbons (Fsp3) is 0.556. The number of halogens is 1. The monoisotopic (exact) mass is 263 g/mol. The third-order valence-electron chi connectivity index (χ3n) is 1.88. The van der Waals surface area contributed by atoms with E-state index in [0.29, 0.717) is 0 Å². The van der Waals surface area contributed by atoms with Gasteiger partial charge in [-0.15, -0.1) is 11.3 Å². The number of nitrogens with one attached hydrogen (secondary N) is 1. The van der Waals surface area contributed by atoms with Gasteiger partial charge in [0, 0.05) is 20.8 Å². The van der Waals surface area contributed by atoms with Gasteiger partial charge >= 0.3 is 0 Å². The Bertz CT molecular complexity index is 264. The van der Waals surface area contributed by atoms with Gasteiger partial charge < -0.3 is 10.4 Å². The summed E-state index contributed by atoms with van der Waals surface area (Å²) in [5.41, 5.74) is 0. The molecule has 0 saturated carbocycles. The minimum absolute atomic E-state index is 0.107. The quantitative estimate of drug-likeness (QED) is 0.876. The molecule has 1 heterocycles. The maximum atomic E-state index is 9.86. The molecule has 0 radical (unpaired) electrons. The van der Waals surface area contributed by atoms with E-state index < -0.39 is 6.10 Å². The van der Waals surface area contributed by atoms with Crippen molar-refractivity contribution in [3.63, 3.8) is 0 Å². The SMILES string of the molecule is CCNC(C)C(O)c1cc(Br)cs1. The van der Waals surface area contributed by atoms with Crippen LogP contribution in [0, 0.1) is 0 Å². The molecule has 2 unspecified atom stereocenters. The largest absolute Gasteiger partial charge is 0.386 e. The highest BCUT2D eigenvalue weighted by molar-refractivity contribution is 9.10. The minimum atomic E-state index is -0.406. The third-order valence-corrected chi connectivity index (χ3v) is 3.64. The Labute approximate surface area is 91.1 Å².